The van der Waals surface area contributed by atoms with Gasteiger partial charge in [0, 0.05) is 6.54 Å². The van der Waals surface area contributed by atoms with Crippen LogP contribution in [0.2, 0.25) is 0 Å². The van der Waals surface area contributed by atoms with Gasteiger partial charge >= 0.3 is 5.97 Å². The molecule has 0 bridgehead atoms. The Morgan fingerprint density at radius 1 is 1.38 bits per heavy atom. The molecular weight excluding hydrogens is 284 g/mol. The molecule has 0 aliphatic carbocycles. The summed E-state index contributed by atoms with van der Waals surface area (Å²) in [6, 6.07) is 6.12. The van der Waals surface area contributed by atoms with Gasteiger partial charge in [-0.3, -0.25) is 4.79 Å². The summed E-state index contributed by atoms with van der Waals surface area (Å²) < 4.78 is 2.15. The van der Waals surface area contributed by atoms with E-state index in [4.69, 9.17) is 5.11 Å². The number of rotatable bonds is 5. The molecule has 2 aromatic rings. The van der Waals surface area contributed by atoms with Crippen LogP contribution in [0.25, 0.3) is 11.0 Å². The fourth-order valence-electron chi connectivity index (χ4n) is 2.17. The van der Waals surface area contributed by atoms with Gasteiger partial charge in [-0.05, 0) is 30.4 Å². The van der Waals surface area contributed by atoms with E-state index in [-0.39, 0.29) is 11.2 Å². The summed E-state index contributed by atoms with van der Waals surface area (Å²) in [4.78, 5) is 15.5. The number of hydrogen-bond acceptors (Lipinski definition) is 3. The zero-order valence-electron chi connectivity index (χ0n) is 13.0. The molecule has 1 heterocycles. The Bertz CT molecular complexity index is 656. The Morgan fingerprint density at radius 2 is 2.10 bits per heavy atom. The summed E-state index contributed by atoms with van der Waals surface area (Å²) in [6.45, 7) is 9.52. The van der Waals surface area contributed by atoms with Crippen LogP contribution < -0.4 is 0 Å². The van der Waals surface area contributed by atoms with Gasteiger partial charge in [0.15, 0.2) is 5.16 Å². The summed E-state index contributed by atoms with van der Waals surface area (Å²) in [5.41, 5.74) is 3.42. The molecular formula is C16H22N2O2S. The summed E-state index contributed by atoms with van der Waals surface area (Å²) >= 11 is 1.29. The average molecular weight is 306 g/mol. The van der Waals surface area contributed by atoms with Gasteiger partial charge in [-0.15, -0.1) is 0 Å². The number of hydrogen-bond donors (Lipinski definition) is 1. The third-order valence-corrected chi connectivity index (χ3v) is 4.32. The van der Waals surface area contributed by atoms with Crippen LogP contribution >= 0.6 is 11.8 Å². The molecule has 0 amide bonds. The van der Waals surface area contributed by atoms with Crippen molar-refractivity contribution in [2.24, 2.45) is 5.41 Å². The second kappa shape index (κ2) is 6.10. The molecule has 0 aliphatic rings. The topological polar surface area (TPSA) is 55.1 Å². The maximum absolute atomic E-state index is 10.8. The molecule has 0 saturated heterocycles. The van der Waals surface area contributed by atoms with Crippen LogP contribution in [0.3, 0.4) is 0 Å². The molecule has 1 aromatic heterocycles. The number of benzene rings is 1. The Hall–Kier alpha value is -1.49. The van der Waals surface area contributed by atoms with Crippen LogP contribution in [0.4, 0.5) is 0 Å². The highest BCUT2D eigenvalue weighted by Crippen LogP contribution is 2.28. The second-order valence-electron chi connectivity index (χ2n) is 6.48. The smallest absolute Gasteiger partial charge is 0.313 e. The van der Waals surface area contributed by atoms with Crippen LogP contribution in [0.1, 0.15) is 32.8 Å². The van der Waals surface area contributed by atoms with E-state index in [1.165, 1.54) is 11.8 Å². The number of carboxylic acid groups (broad SMARTS) is 1. The predicted molar refractivity (Wildman–Crippen MR) is 86.9 cm³/mol. The highest BCUT2D eigenvalue weighted by molar-refractivity contribution is 7.99. The van der Waals surface area contributed by atoms with Gasteiger partial charge in [0.1, 0.15) is 0 Å². The molecule has 0 unspecified atom stereocenters. The van der Waals surface area contributed by atoms with E-state index < -0.39 is 5.97 Å². The number of aliphatic carboxylic acids is 1. The largest absolute Gasteiger partial charge is 0.481 e. The summed E-state index contributed by atoms with van der Waals surface area (Å²) in [5, 5.41) is 9.69. The Labute approximate surface area is 129 Å². The molecule has 0 aliphatic heterocycles. The van der Waals surface area contributed by atoms with Gasteiger partial charge in [0.2, 0.25) is 0 Å². The molecule has 21 heavy (non-hydrogen) atoms. The zero-order valence-corrected chi connectivity index (χ0v) is 13.8. The lowest BCUT2D eigenvalue weighted by Gasteiger charge is -2.19. The van der Waals surface area contributed by atoms with Gasteiger partial charge in [-0.2, -0.15) is 0 Å². The standard InChI is InChI=1S/C16H22N2O2S/c1-11-6-5-7-12-14(11)17-15(21-10-13(19)20)18(12)9-8-16(2,3)4/h5-7H,8-10H2,1-4H3,(H,19,20). The normalized spacial score (nSPS) is 12.0. The van der Waals surface area contributed by atoms with E-state index in [1.807, 2.05) is 19.1 Å². The van der Waals surface area contributed by atoms with Crippen molar-refractivity contribution in [2.75, 3.05) is 5.75 Å². The van der Waals surface area contributed by atoms with E-state index in [9.17, 15) is 4.79 Å². The highest BCUT2D eigenvalue weighted by Gasteiger charge is 2.17. The number of aryl methyl sites for hydroxylation is 2. The van der Waals surface area contributed by atoms with E-state index in [0.717, 1.165) is 34.7 Å². The Balaban J connectivity index is 2.39. The number of thioether (sulfide) groups is 1. The minimum Gasteiger partial charge on any atom is -0.481 e. The van der Waals surface area contributed by atoms with E-state index >= 15 is 0 Å². The number of imidazole rings is 1. The quantitative estimate of drug-likeness (QED) is 0.850. The molecule has 1 aromatic carbocycles. The summed E-state index contributed by atoms with van der Waals surface area (Å²) in [7, 11) is 0. The van der Waals surface area contributed by atoms with Crippen molar-refractivity contribution in [3.8, 4) is 0 Å². The molecule has 1 N–H and O–H groups in total. The number of carboxylic acids is 1. The molecule has 0 atom stereocenters. The van der Waals surface area contributed by atoms with Crippen LogP contribution in [0.15, 0.2) is 23.4 Å². The zero-order chi connectivity index (χ0) is 15.6. The lowest BCUT2D eigenvalue weighted by atomic mass is 9.92. The minimum atomic E-state index is -0.814. The first-order valence-electron chi connectivity index (χ1n) is 7.08. The maximum Gasteiger partial charge on any atom is 0.313 e. The third kappa shape index (κ3) is 4.00. The van der Waals surface area contributed by atoms with Gasteiger partial charge in [-0.25, -0.2) is 4.98 Å². The molecule has 5 heteroatoms. The predicted octanol–water partition coefficient (Wildman–Crippen LogP) is 3.96. The van der Waals surface area contributed by atoms with Crippen molar-refractivity contribution < 1.29 is 9.90 Å². The minimum absolute atomic E-state index is 0.0396. The van der Waals surface area contributed by atoms with Crippen molar-refractivity contribution >= 4 is 28.8 Å². The van der Waals surface area contributed by atoms with Gasteiger partial charge in [0.25, 0.3) is 0 Å². The fourth-order valence-corrected chi connectivity index (χ4v) is 2.92. The fraction of sp³-hybridized carbons (Fsp3) is 0.500. The van der Waals surface area contributed by atoms with Gasteiger partial charge in [0.05, 0.1) is 16.8 Å². The van der Waals surface area contributed by atoms with E-state index in [1.54, 1.807) is 0 Å². The van der Waals surface area contributed by atoms with Crippen LogP contribution in [-0.2, 0) is 11.3 Å². The van der Waals surface area contributed by atoms with Crippen molar-refractivity contribution in [1.82, 2.24) is 9.55 Å². The first kappa shape index (κ1) is 15.9. The molecule has 2 rings (SSSR count). The molecule has 0 spiro atoms. The van der Waals surface area contributed by atoms with Gasteiger partial charge < -0.3 is 9.67 Å². The summed E-state index contributed by atoms with van der Waals surface area (Å²) in [6.07, 6.45) is 1.02. The first-order valence-corrected chi connectivity index (χ1v) is 8.07. The number of fused-ring (bicyclic) bond motifs is 1. The number of aromatic nitrogens is 2. The van der Waals surface area contributed by atoms with Crippen LogP contribution in [0, 0.1) is 12.3 Å². The molecule has 0 radical (unpaired) electrons. The SMILES string of the molecule is Cc1cccc2c1nc(SCC(=O)O)n2CCC(C)(C)C. The lowest BCUT2D eigenvalue weighted by Crippen LogP contribution is -2.11. The molecule has 0 saturated carbocycles. The van der Waals surface area contributed by atoms with Crippen molar-refractivity contribution in [2.45, 2.75) is 45.8 Å². The Kier molecular flexibility index (Phi) is 4.61. The number of carbonyl (C=O) groups is 1. The van der Waals surface area contributed by atoms with E-state index in [2.05, 4.69) is 36.4 Å². The molecule has 0 fully saturated rings. The highest BCUT2D eigenvalue weighted by atomic mass is 32.2. The first-order chi connectivity index (χ1) is 9.78. The van der Waals surface area contributed by atoms with Crippen molar-refractivity contribution in [3.63, 3.8) is 0 Å². The monoisotopic (exact) mass is 306 g/mol. The molecule has 114 valence electrons. The Morgan fingerprint density at radius 3 is 2.71 bits per heavy atom. The average Bonchev–Trinajstić information content (AvgIpc) is 2.72. The van der Waals surface area contributed by atoms with Crippen molar-refractivity contribution in [3.05, 3.63) is 23.8 Å². The summed E-state index contributed by atoms with van der Waals surface area (Å²) in [5.74, 6) is -0.774. The second-order valence-corrected chi connectivity index (χ2v) is 7.42. The van der Waals surface area contributed by atoms with Crippen LogP contribution in [0.5, 0.6) is 0 Å². The number of nitrogens with zero attached hydrogens (tertiary/aromatic N) is 2. The maximum atomic E-state index is 10.8. The van der Waals surface area contributed by atoms with Crippen molar-refractivity contribution in [1.29, 1.82) is 0 Å². The van der Waals surface area contributed by atoms with E-state index in [0.29, 0.717) is 0 Å². The lowest BCUT2D eigenvalue weighted by molar-refractivity contribution is -0.133. The third-order valence-electron chi connectivity index (χ3n) is 3.36. The number of para-hydroxylation sites is 1. The van der Waals surface area contributed by atoms with Crippen LogP contribution in [-0.4, -0.2) is 26.4 Å². The molecule has 4 nitrogen and oxygen atoms in total. The van der Waals surface area contributed by atoms with Gasteiger partial charge in [-0.1, -0.05) is 44.7 Å².